The van der Waals surface area contributed by atoms with Gasteiger partial charge in [-0.1, -0.05) is 13.0 Å². The molecule has 12 heavy (non-hydrogen) atoms. The minimum absolute atomic E-state index is 0.218. The minimum atomic E-state index is -0.346. The monoisotopic (exact) mass is 170 g/mol. The first-order valence-corrected chi connectivity index (χ1v) is 4.29. The third kappa shape index (κ3) is 3.56. The molecule has 0 aromatic heterocycles. The summed E-state index contributed by atoms with van der Waals surface area (Å²) in [5.41, 5.74) is 0.318. The van der Waals surface area contributed by atoms with Gasteiger partial charge < -0.3 is 4.74 Å². The second-order valence-electron chi connectivity index (χ2n) is 3.47. The molecule has 70 valence electrons. The van der Waals surface area contributed by atoms with E-state index in [4.69, 9.17) is 4.74 Å². The van der Waals surface area contributed by atoms with E-state index in [1.165, 1.54) is 0 Å². The third-order valence-corrected chi connectivity index (χ3v) is 1.98. The molecule has 0 aromatic rings. The van der Waals surface area contributed by atoms with Gasteiger partial charge in [0.25, 0.3) is 0 Å². The van der Waals surface area contributed by atoms with E-state index >= 15 is 0 Å². The average Bonchev–Trinajstić information content (AvgIpc) is 2.02. The van der Waals surface area contributed by atoms with Crippen molar-refractivity contribution in [3.8, 4) is 0 Å². The van der Waals surface area contributed by atoms with Gasteiger partial charge in [0.15, 0.2) is 0 Å². The van der Waals surface area contributed by atoms with Crippen LogP contribution in [-0.2, 0) is 9.53 Å². The summed E-state index contributed by atoms with van der Waals surface area (Å²) in [4.78, 5) is 11.3. The summed E-state index contributed by atoms with van der Waals surface area (Å²) in [6.45, 7) is 9.41. The molecule has 0 radical (unpaired) electrons. The Kier molecular flexibility index (Phi) is 4.01. The van der Waals surface area contributed by atoms with Crippen LogP contribution in [0.25, 0.3) is 0 Å². The van der Waals surface area contributed by atoms with Crippen LogP contribution in [0.2, 0.25) is 0 Å². The summed E-state index contributed by atoms with van der Waals surface area (Å²) in [7, 11) is 0. The highest BCUT2D eigenvalue weighted by Gasteiger charge is 2.20. The van der Waals surface area contributed by atoms with Gasteiger partial charge >= 0.3 is 5.97 Å². The van der Waals surface area contributed by atoms with Gasteiger partial charge in [0.05, 0.1) is 0 Å². The van der Waals surface area contributed by atoms with Gasteiger partial charge in [-0.05, 0) is 34.1 Å². The van der Waals surface area contributed by atoms with Gasteiger partial charge in [0.2, 0.25) is 0 Å². The zero-order valence-corrected chi connectivity index (χ0v) is 8.60. The maximum Gasteiger partial charge on any atom is 0.333 e. The highest BCUT2D eigenvalue weighted by molar-refractivity contribution is 5.87. The Morgan fingerprint density at radius 3 is 2.33 bits per heavy atom. The van der Waals surface area contributed by atoms with Crippen molar-refractivity contribution in [2.24, 2.45) is 0 Å². The van der Waals surface area contributed by atoms with Gasteiger partial charge in [0, 0.05) is 5.57 Å². The predicted molar refractivity (Wildman–Crippen MR) is 49.9 cm³/mol. The molecule has 2 heteroatoms. The van der Waals surface area contributed by atoms with Crippen molar-refractivity contribution in [1.82, 2.24) is 0 Å². The number of carbonyl (C=O) groups is 1. The second-order valence-corrected chi connectivity index (χ2v) is 3.47. The van der Waals surface area contributed by atoms with Gasteiger partial charge in [-0.25, -0.2) is 4.79 Å². The first-order chi connectivity index (χ1) is 5.43. The Bertz CT molecular complexity index is 190. The normalized spacial score (nSPS) is 12.9. The van der Waals surface area contributed by atoms with Crippen molar-refractivity contribution < 1.29 is 9.53 Å². The summed E-state index contributed by atoms with van der Waals surface area (Å²) in [5.74, 6) is -0.218. The molecule has 0 bridgehead atoms. The van der Waals surface area contributed by atoms with Crippen LogP contribution in [0.4, 0.5) is 0 Å². The Balaban J connectivity index is 4.19. The molecule has 0 aliphatic heterocycles. The molecule has 0 fully saturated rings. The summed E-state index contributed by atoms with van der Waals surface area (Å²) >= 11 is 0. The van der Waals surface area contributed by atoms with E-state index in [0.29, 0.717) is 5.57 Å². The molecule has 0 aliphatic rings. The lowest BCUT2D eigenvalue weighted by atomic mass is 10.1. The number of ether oxygens (including phenoxy) is 1. The lowest BCUT2D eigenvalue weighted by Gasteiger charge is -2.23. The quantitative estimate of drug-likeness (QED) is 0.481. The molecule has 0 heterocycles. The Morgan fingerprint density at radius 1 is 1.50 bits per heavy atom. The van der Waals surface area contributed by atoms with Crippen LogP contribution in [0, 0.1) is 0 Å². The van der Waals surface area contributed by atoms with Crippen LogP contribution in [0.1, 0.15) is 41.0 Å². The highest BCUT2D eigenvalue weighted by atomic mass is 16.6. The molecule has 0 saturated heterocycles. The number of hydrogen-bond donors (Lipinski definition) is 0. The second kappa shape index (κ2) is 4.29. The SMILES string of the molecule is C/C=C(\C)C(=O)OC(C)(C)CC. The number of esters is 1. The molecule has 0 atom stereocenters. The van der Waals surface area contributed by atoms with Crippen LogP contribution in [0.3, 0.4) is 0 Å². The van der Waals surface area contributed by atoms with E-state index in [2.05, 4.69) is 0 Å². The van der Waals surface area contributed by atoms with Gasteiger partial charge in [-0.2, -0.15) is 0 Å². The summed E-state index contributed by atoms with van der Waals surface area (Å²) < 4.78 is 5.23. The lowest BCUT2D eigenvalue weighted by molar-refractivity contribution is -0.151. The van der Waals surface area contributed by atoms with Gasteiger partial charge in [-0.3, -0.25) is 0 Å². The molecular formula is C10H18O2. The smallest absolute Gasteiger partial charge is 0.333 e. The first-order valence-electron chi connectivity index (χ1n) is 4.29. The first kappa shape index (κ1) is 11.2. The van der Waals surface area contributed by atoms with E-state index in [9.17, 15) is 4.79 Å². The van der Waals surface area contributed by atoms with E-state index in [-0.39, 0.29) is 11.6 Å². The largest absolute Gasteiger partial charge is 0.456 e. The van der Waals surface area contributed by atoms with Crippen molar-refractivity contribution in [3.63, 3.8) is 0 Å². The number of rotatable bonds is 3. The van der Waals surface area contributed by atoms with Crippen molar-refractivity contribution in [2.75, 3.05) is 0 Å². The fourth-order valence-corrected chi connectivity index (χ4v) is 0.521. The van der Waals surface area contributed by atoms with E-state index in [1.807, 2.05) is 27.7 Å². The van der Waals surface area contributed by atoms with E-state index in [0.717, 1.165) is 6.42 Å². The lowest BCUT2D eigenvalue weighted by Crippen LogP contribution is -2.27. The molecule has 0 N–H and O–H groups in total. The van der Waals surface area contributed by atoms with E-state index in [1.54, 1.807) is 13.0 Å². The average molecular weight is 170 g/mol. The maximum absolute atomic E-state index is 11.3. The molecule has 0 aliphatic carbocycles. The molecular weight excluding hydrogens is 152 g/mol. The Hall–Kier alpha value is -0.790. The minimum Gasteiger partial charge on any atom is -0.456 e. The summed E-state index contributed by atoms with van der Waals surface area (Å²) in [5, 5.41) is 0. The zero-order chi connectivity index (χ0) is 9.78. The zero-order valence-electron chi connectivity index (χ0n) is 8.60. The van der Waals surface area contributed by atoms with Crippen LogP contribution < -0.4 is 0 Å². The molecule has 0 rings (SSSR count). The molecule has 0 aromatic carbocycles. The van der Waals surface area contributed by atoms with Crippen LogP contribution in [-0.4, -0.2) is 11.6 Å². The van der Waals surface area contributed by atoms with Crippen molar-refractivity contribution in [1.29, 1.82) is 0 Å². The fourth-order valence-electron chi connectivity index (χ4n) is 0.521. The topological polar surface area (TPSA) is 26.3 Å². The summed E-state index contributed by atoms with van der Waals surface area (Å²) in [6, 6.07) is 0. The number of hydrogen-bond acceptors (Lipinski definition) is 2. The molecule has 0 spiro atoms. The van der Waals surface area contributed by atoms with Crippen molar-refractivity contribution in [3.05, 3.63) is 11.6 Å². The Morgan fingerprint density at radius 2 is 2.00 bits per heavy atom. The molecule has 0 unspecified atom stereocenters. The molecule has 0 saturated carbocycles. The Labute approximate surface area is 74.6 Å². The van der Waals surface area contributed by atoms with Crippen LogP contribution in [0.15, 0.2) is 11.6 Å². The number of allylic oxidation sites excluding steroid dienone is 1. The van der Waals surface area contributed by atoms with Gasteiger partial charge in [0.1, 0.15) is 5.60 Å². The third-order valence-electron chi connectivity index (χ3n) is 1.98. The van der Waals surface area contributed by atoms with Crippen molar-refractivity contribution in [2.45, 2.75) is 46.6 Å². The van der Waals surface area contributed by atoms with Crippen molar-refractivity contribution >= 4 is 5.97 Å². The maximum atomic E-state index is 11.3. The number of carbonyl (C=O) groups excluding carboxylic acids is 1. The highest BCUT2D eigenvalue weighted by Crippen LogP contribution is 2.15. The van der Waals surface area contributed by atoms with Crippen LogP contribution in [0.5, 0.6) is 0 Å². The van der Waals surface area contributed by atoms with Crippen LogP contribution >= 0.6 is 0 Å². The van der Waals surface area contributed by atoms with E-state index < -0.39 is 0 Å². The van der Waals surface area contributed by atoms with Gasteiger partial charge in [-0.15, -0.1) is 0 Å². The standard InChI is InChI=1S/C10H18O2/c1-6-8(3)9(11)12-10(4,5)7-2/h6H,7H2,1-5H3/b8-6+. The molecule has 0 amide bonds. The summed E-state index contributed by atoms with van der Waals surface area (Å²) in [6.07, 6.45) is 2.59. The molecule has 2 nitrogen and oxygen atoms in total. The predicted octanol–water partition coefficient (Wildman–Crippen LogP) is 2.68. The fraction of sp³-hybridized carbons (Fsp3) is 0.700.